The van der Waals surface area contributed by atoms with Crippen LogP contribution in [0.4, 0.5) is 0 Å². The molecule has 1 aliphatic carbocycles. The van der Waals surface area contributed by atoms with Gasteiger partial charge >= 0.3 is 23.9 Å². The number of ether oxygens (including phenoxy) is 4. The van der Waals surface area contributed by atoms with Crippen molar-refractivity contribution in [2.75, 3.05) is 26.4 Å². The zero-order chi connectivity index (χ0) is 20.3. The van der Waals surface area contributed by atoms with Crippen molar-refractivity contribution in [2.24, 2.45) is 11.8 Å². The Morgan fingerprint density at radius 1 is 0.857 bits per heavy atom. The van der Waals surface area contributed by atoms with Crippen molar-refractivity contribution in [3.8, 4) is 0 Å². The first-order valence-corrected chi connectivity index (χ1v) is 8.84. The molecule has 2 heterocycles. The molecule has 2 saturated heterocycles. The molecule has 3 rings (SSSR count). The quantitative estimate of drug-likeness (QED) is 0.379. The Bertz CT molecular complexity index is 748. The van der Waals surface area contributed by atoms with Crippen LogP contribution in [0.2, 0.25) is 0 Å². The lowest BCUT2D eigenvalue weighted by Crippen LogP contribution is -2.25. The second kappa shape index (κ2) is 8.24. The fourth-order valence-electron chi connectivity index (χ4n) is 3.61. The highest BCUT2D eigenvalue weighted by molar-refractivity contribution is 6.05. The Kier molecular flexibility index (Phi) is 5.77. The lowest BCUT2D eigenvalue weighted by Gasteiger charge is -2.22. The van der Waals surface area contributed by atoms with E-state index in [1.54, 1.807) is 0 Å². The van der Waals surface area contributed by atoms with Gasteiger partial charge < -0.3 is 18.9 Å². The monoisotopic (exact) mass is 388 g/mol. The summed E-state index contributed by atoms with van der Waals surface area (Å²) in [4.78, 5) is 49.7. The van der Waals surface area contributed by atoms with E-state index >= 15 is 0 Å². The predicted molar refractivity (Wildman–Crippen MR) is 94.5 cm³/mol. The SMILES string of the molecule is C=CCOC(=O)/C1=C2\C(=O)OC[C@@H]2C/C(C(=O)OCC=C)=C2/C(=O)OC[C@H]2C1. The van der Waals surface area contributed by atoms with Crippen LogP contribution < -0.4 is 0 Å². The predicted octanol–water partition coefficient (Wildman–Crippen LogP) is 1.18. The number of carbonyl (C=O) groups is 4. The summed E-state index contributed by atoms with van der Waals surface area (Å²) in [5.74, 6) is -3.71. The third-order valence-corrected chi connectivity index (χ3v) is 4.80. The Hall–Kier alpha value is -3.16. The lowest BCUT2D eigenvalue weighted by atomic mass is 9.79. The van der Waals surface area contributed by atoms with Crippen molar-refractivity contribution < 1.29 is 38.1 Å². The van der Waals surface area contributed by atoms with Gasteiger partial charge in [-0.15, -0.1) is 0 Å². The first-order valence-electron chi connectivity index (χ1n) is 8.84. The molecule has 0 unspecified atom stereocenters. The number of cyclic esters (lactones) is 2. The Morgan fingerprint density at radius 2 is 1.25 bits per heavy atom. The van der Waals surface area contributed by atoms with Crippen LogP contribution in [-0.2, 0) is 38.1 Å². The number of carbonyl (C=O) groups excluding carboxylic acids is 4. The average Bonchev–Trinajstić information content (AvgIpc) is 3.20. The number of rotatable bonds is 6. The molecular formula is C20H20O8. The molecule has 0 aromatic rings. The summed E-state index contributed by atoms with van der Waals surface area (Å²) < 4.78 is 20.5. The summed E-state index contributed by atoms with van der Waals surface area (Å²) in [7, 11) is 0. The van der Waals surface area contributed by atoms with Crippen LogP contribution in [0.15, 0.2) is 47.6 Å². The van der Waals surface area contributed by atoms with E-state index in [2.05, 4.69) is 13.2 Å². The minimum atomic E-state index is -0.671. The van der Waals surface area contributed by atoms with E-state index in [9.17, 15) is 19.2 Å². The van der Waals surface area contributed by atoms with Gasteiger partial charge in [0.1, 0.15) is 13.2 Å². The molecule has 0 amide bonds. The summed E-state index contributed by atoms with van der Waals surface area (Å²) >= 11 is 0. The molecule has 0 saturated carbocycles. The molecule has 0 radical (unpaired) electrons. The molecule has 8 nitrogen and oxygen atoms in total. The topological polar surface area (TPSA) is 105 Å². The Morgan fingerprint density at radius 3 is 1.61 bits per heavy atom. The highest BCUT2D eigenvalue weighted by Gasteiger charge is 2.45. The van der Waals surface area contributed by atoms with Gasteiger partial charge in [-0.05, 0) is 12.8 Å². The van der Waals surface area contributed by atoms with Crippen molar-refractivity contribution in [3.05, 3.63) is 47.6 Å². The first-order chi connectivity index (χ1) is 13.5. The van der Waals surface area contributed by atoms with Crippen molar-refractivity contribution in [3.63, 3.8) is 0 Å². The molecule has 148 valence electrons. The molecule has 0 aromatic carbocycles. The van der Waals surface area contributed by atoms with Gasteiger partial charge in [0.2, 0.25) is 0 Å². The van der Waals surface area contributed by atoms with Gasteiger partial charge in [0, 0.05) is 23.0 Å². The first kappa shape index (κ1) is 19.6. The van der Waals surface area contributed by atoms with E-state index < -0.39 is 35.7 Å². The van der Waals surface area contributed by atoms with E-state index in [1.807, 2.05) is 0 Å². The normalized spacial score (nSPS) is 28.9. The zero-order valence-electron chi connectivity index (χ0n) is 15.2. The van der Waals surface area contributed by atoms with Gasteiger partial charge in [0.15, 0.2) is 0 Å². The molecule has 3 aliphatic rings. The van der Waals surface area contributed by atoms with Gasteiger partial charge in [0.05, 0.1) is 24.4 Å². The summed E-state index contributed by atoms with van der Waals surface area (Å²) in [5.41, 5.74) is 0.658. The molecule has 0 bridgehead atoms. The maximum atomic E-state index is 12.6. The summed E-state index contributed by atoms with van der Waals surface area (Å²) in [6, 6.07) is 0. The van der Waals surface area contributed by atoms with Gasteiger partial charge in [-0.1, -0.05) is 25.3 Å². The molecule has 2 fully saturated rings. The smallest absolute Gasteiger partial charge is 0.334 e. The van der Waals surface area contributed by atoms with Gasteiger partial charge in [0.25, 0.3) is 0 Å². The fraction of sp³-hybridized carbons (Fsp3) is 0.400. The lowest BCUT2D eigenvalue weighted by molar-refractivity contribution is -0.140. The highest BCUT2D eigenvalue weighted by atomic mass is 16.6. The second-order valence-corrected chi connectivity index (χ2v) is 6.56. The molecule has 2 aliphatic heterocycles. The summed E-state index contributed by atoms with van der Waals surface area (Å²) in [6.45, 7) is 6.95. The Labute approximate surface area is 161 Å². The molecule has 28 heavy (non-hydrogen) atoms. The van der Waals surface area contributed by atoms with Crippen LogP contribution in [0.5, 0.6) is 0 Å². The largest absolute Gasteiger partial charge is 0.462 e. The van der Waals surface area contributed by atoms with Gasteiger partial charge in [-0.3, -0.25) is 0 Å². The van der Waals surface area contributed by atoms with Crippen LogP contribution in [0.3, 0.4) is 0 Å². The van der Waals surface area contributed by atoms with Crippen molar-refractivity contribution in [1.82, 2.24) is 0 Å². The standard InChI is InChI=1S/C20H20O8/c1-3-5-25-17(21)13-7-11-9-28-20(24)16(11)14(18(22)26-6-4-2)8-12-10-27-19(23)15(12)13/h3-4,11-12H,1-2,5-10H2/b15-13-,16-14-/t11-,12+. The molecule has 0 spiro atoms. The third kappa shape index (κ3) is 3.62. The third-order valence-electron chi connectivity index (χ3n) is 4.80. The van der Waals surface area contributed by atoms with Crippen LogP contribution >= 0.6 is 0 Å². The van der Waals surface area contributed by atoms with Crippen LogP contribution in [-0.4, -0.2) is 50.3 Å². The van der Waals surface area contributed by atoms with Gasteiger partial charge in [-0.2, -0.15) is 0 Å². The maximum Gasteiger partial charge on any atom is 0.334 e. The molecule has 2 atom stereocenters. The second-order valence-electron chi connectivity index (χ2n) is 6.56. The minimum Gasteiger partial charge on any atom is -0.462 e. The van der Waals surface area contributed by atoms with E-state index in [0.717, 1.165) is 0 Å². The average molecular weight is 388 g/mol. The maximum absolute atomic E-state index is 12.6. The molecule has 0 N–H and O–H groups in total. The van der Waals surface area contributed by atoms with Gasteiger partial charge in [-0.25, -0.2) is 19.2 Å². The fourth-order valence-corrected chi connectivity index (χ4v) is 3.61. The molecule has 8 heteroatoms. The van der Waals surface area contributed by atoms with Crippen LogP contribution in [0.1, 0.15) is 12.8 Å². The zero-order valence-corrected chi connectivity index (χ0v) is 15.2. The molecule has 0 aromatic heterocycles. The number of hydrogen-bond donors (Lipinski definition) is 0. The highest BCUT2D eigenvalue weighted by Crippen LogP contribution is 2.41. The number of esters is 4. The molecular weight excluding hydrogens is 368 g/mol. The van der Waals surface area contributed by atoms with E-state index in [0.29, 0.717) is 0 Å². The van der Waals surface area contributed by atoms with E-state index in [4.69, 9.17) is 18.9 Å². The summed E-state index contributed by atoms with van der Waals surface area (Å²) in [6.07, 6.45) is 2.88. The minimum absolute atomic E-state index is 0.00234. The Balaban J connectivity index is 2.04. The van der Waals surface area contributed by atoms with Crippen LogP contribution in [0.25, 0.3) is 0 Å². The van der Waals surface area contributed by atoms with Crippen LogP contribution in [0, 0.1) is 11.8 Å². The number of fused-ring (bicyclic) bond motifs is 2. The van der Waals surface area contributed by atoms with Crippen molar-refractivity contribution in [2.45, 2.75) is 12.8 Å². The van der Waals surface area contributed by atoms with Crippen molar-refractivity contribution >= 4 is 23.9 Å². The van der Waals surface area contributed by atoms with Crippen molar-refractivity contribution in [1.29, 1.82) is 0 Å². The number of hydrogen-bond acceptors (Lipinski definition) is 8. The summed E-state index contributed by atoms with van der Waals surface area (Å²) in [5, 5.41) is 0. The van der Waals surface area contributed by atoms with E-state index in [-0.39, 0.29) is 61.6 Å². The van der Waals surface area contributed by atoms with E-state index in [1.165, 1.54) is 12.2 Å².